The largest absolute Gasteiger partial charge is 0.507 e. The van der Waals surface area contributed by atoms with E-state index >= 15 is 0 Å². The van der Waals surface area contributed by atoms with Crippen LogP contribution in [-0.2, 0) is 4.74 Å². The van der Waals surface area contributed by atoms with Crippen LogP contribution in [-0.4, -0.2) is 69.1 Å². The van der Waals surface area contributed by atoms with Gasteiger partial charge in [0, 0.05) is 12.1 Å². The van der Waals surface area contributed by atoms with Crippen molar-refractivity contribution in [2.24, 2.45) is 0 Å². The second-order valence-electron chi connectivity index (χ2n) is 7.78. The highest BCUT2D eigenvalue weighted by molar-refractivity contribution is 6.02. The van der Waals surface area contributed by atoms with Crippen LogP contribution in [0.4, 0.5) is 0 Å². The zero-order chi connectivity index (χ0) is 23.2. The highest BCUT2D eigenvalue weighted by Crippen LogP contribution is 2.43. The molecule has 0 amide bonds. The Bertz CT molecular complexity index is 1020. The number of phenols is 2. The topological polar surface area (TPSA) is 155 Å². The number of Topliss-reactive ketones (excluding diaryl/α,β-unsaturated/α-hetero) is 1. The first-order valence-corrected chi connectivity index (χ1v) is 9.99. The molecule has 0 spiro atoms. The Morgan fingerprint density at radius 2 is 1.75 bits per heavy atom. The molecule has 172 valence electrons. The van der Waals surface area contributed by atoms with Crippen molar-refractivity contribution in [2.45, 2.75) is 50.2 Å². The number of fused-ring (bicyclic) bond motifs is 1. The predicted octanol–water partition coefficient (Wildman–Crippen LogP) is 1.02. The van der Waals surface area contributed by atoms with Crippen molar-refractivity contribution in [1.29, 1.82) is 0 Å². The highest BCUT2D eigenvalue weighted by atomic mass is 16.7. The van der Waals surface area contributed by atoms with E-state index in [9.17, 15) is 30.3 Å². The van der Waals surface area contributed by atoms with Crippen molar-refractivity contribution >= 4 is 5.78 Å². The van der Waals surface area contributed by atoms with E-state index in [4.69, 9.17) is 18.9 Å². The summed E-state index contributed by atoms with van der Waals surface area (Å²) in [7, 11) is 1.42. The molecule has 0 aromatic heterocycles. The number of hydrogen-bond donors (Lipinski definition) is 5. The van der Waals surface area contributed by atoms with Crippen LogP contribution in [0.25, 0.3) is 0 Å². The van der Waals surface area contributed by atoms with Gasteiger partial charge in [0.25, 0.3) is 0 Å². The lowest BCUT2D eigenvalue weighted by Crippen LogP contribution is -2.58. The van der Waals surface area contributed by atoms with Crippen LogP contribution in [0.3, 0.4) is 0 Å². The van der Waals surface area contributed by atoms with Gasteiger partial charge < -0.3 is 44.5 Å². The summed E-state index contributed by atoms with van der Waals surface area (Å²) in [5, 5.41) is 50.3. The minimum absolute atomic E-state index is 0.0136. The Kier molecular flexibility index (Phi) is 5.87. The third kappa shape index (κ3) is 3.93. The molecule has 0 bridgehead atoms. The van der Waals surface area contributed by atoms with Crippen LogP contribution in [0.5, 0.6) is 28.7 Å². The summed E-state index contributed by atoms with van der Waals surface area (Å²) in [6.07, 6.45) is -7.24. The number of hydrogen-bond acceptors (Lipinski definition) is 10. The van der Waals surface area contributed by atoms with Crippen LogP contribution in [0.15, 0.2) is 30.3 Å². The van der Waals surface area contributed by atoms with Gasteiger partial charge >= 0.3 is 0 Å². The molecule has 3 unspecified atom stereocenters. The van der Waals surface area contributed by atoms with E-state index in [1.165, 1.54) is 32.2 Å². The van der Waals surface area contributed by atoms with Gasteiger partial charge in [-0.1, -0.05) is 6.07 Å². The number of benzene rings is 2. The average molecular weight is 448 g/mol. The Balaban J connectivity index is 1.60. The van der Waals surface area contributed by atoms with Crippen LogP contribution in [0.1, 0.15) is 35.4 Å². The first-order chi connectivity index (χ1) is 15.2. The maximum Gasteiger partial charge on any atom is 0.229 e. The number of ketones is 1. The summed E-state index contributed by atoms with van der Waals surface area (Å²) < 4.78 is 21.9. The maximum absolute atomic E-state index is 12.7. The first kappa shape index (κ1) is 22.2. The zero-order valence-electron chi connectivity index (χ0n) is 17.3. The monoisotopic (exact) mass is 448 g/mol. The van der Waals surface area contributed by atoms with Crippen LogP contribution in [0, 0.1) is 0 Å². The quantitative estimate of drug-likeness (QED) is 0.458. The van der Waals surface area contributed by atoms with Gasteiger partial charge in [0.2, 0.25) is 6.29 Å². The highest BCUT2D eigenvalue weighted by Gasteiger charge is 2.43. The summed E-state index contributed by atoms with van der Waals surface area (Å²) in [6, 6.07) is 7.18. The molecule has 1 saturated heterocycles. The summed E-state index contributed by atoms with van der Waals surface area (Å²) >= 11 is 0. The molecule has 0 radical (unpaired) electrons. The molecule has 2 aliphatic heterocycles. The Labute approximate surface area is 183 Å². The van der Waals surface area contributed by atoms with Crippen LogP contribution >= 0.6 is 0 Å². The standard InChI is InChI=1S/C22H24O10/c1-9-19(26)20(27)21(28)22(30-9)31-11-6-13(24)18-14(25)8-16(32-17(18)7-11)10-3-4-15(29-2)12(23)5-10/h3-7,9,16,19-24,26-28H,8H2,1-2H3/t9?,16?,19-,20?,21+,22+/m1/s1. The predicted molar refractivity (Wildman–Crippen MR) is 108 cm³/mol. The van der Waals surface area contributed by atoms with Gasteiger partial charge in [-0.3, -0.25) is 4.79 Å². The molecule has 0 saturated carbocycles. The molecule has 10 heteroatoms. The molecule has 32 heavy (non-hydrogen) atoms. The Morgan fingerprint density at radius 3 is 2.44 bits per heavy atom. The van der Waals surface area contributed by atoms with Crippen molar-refractivity contribution in [3.63, 3.8) is 0 Å². The number of carbonyl (C=O) groups is 1. The fourth-order valence-electron chi connectivity index (χ4n) is 3.82. The fourth-order valence-corrected chi connectivity index (χ4v) is 3.82. The Morgan fingerprint density at radius 1 is 1.00 bits per heavy atom. The molecular weight excluding hydrogens is 424 g/mol. The van der Waals surface area contributed by atoms with E-state index in [-0.39, 0.29) is 46.5 Å². The molecule has 2 aromatic carbocycles. The van der Waals surface area contributed by atoms with E-state index in [0.717, 1.165) is 0 Å². The van der Waals surface area contributed by atoms with Gasteiger partial charge in [-0.25, -0.2) is 0 Å². The lowest BCUT2D eigenvalue weighted by atomic mass is 9.95. The van der Waals surface area contributed by atoms with Gasteiger partial charge in [0.05, 0.1) is 19.6 Å². The number of aromatic hydroxyl groups is 2. The molecule has 6 atom stereocenters. The molecule has 2 heterocycles. The van der Waals surface area contributed by atoms with E-state index in [1.54, 1.807) is 12.1 Å². The number of aliphatic hydroxyl groups is 3. The molecule has 1 fully saturated rings. The average Bonchev–Trinajstić information content (AvgIpc) is 2.75. The number of carbonyl (C=O) groups excluding carboxylic acids is 1. The summed E-state index contributed by atoms with van der Waals surface area (Å²) in [6.45, 7) is 1.51. The SMILES string of the molecule is COc1ccc(C2CC(=O)c3c(O)cc(O[C@@H]4OC(C)[C@@H](O)C(O)[C@@H]4O)cc3O2)cc1O. The first-order valence-electron chi connectivity index (χ1n) is 9.99. The van der Waals surface area contributed by atoms with Crippen LogP contribution < -0.4 is 14.2 Å². The van der Waals surface area contributed by atoms with Gasteiger partial charge in [-0.05, 0) is 24.6 Å². The second kappa shape index (κ2) is 8.47. The van der Waals surface area contributed by atoms with E-state index in [0.29, 0.717) is 5.56 Å². The molecule has 0 aliphatic carbocycles. The minimum Gasteiger partial charge on any atom is -0.507 e. The normalized spacial score (nSPS) is 29.7. The zero-order valence-corrected chi connectivity index (χ0v) is 17.3. The number of ether oxygens (including phenoxy) is 4. The van der Waals surface area contributed by atoms with Crippen molar-refractivity contribution < 1.29 is 49.3 Å². The van der Waals surface area contributed by atoms with Gasteiger partial charge in [-0.15, -0.1) is 0 Å². The summed E-state index contributed by atoms with van der Waals surface area (Å²) in [5.41, 5.74) is 0.519. The van der Waals surface area contributed by atoms with Crippen molar-refractivity contribution in [1.82, 2.24) is 0 Å². The molecular formula is C22H24O10. The third-order valence-electron chi connectivity index (χ3n) is 5.61. The second-order valence-corrected chi connectivity index (χ2v) is 7.78. The lowest BCUT2D eigenvalue weighted by molar-refractivity contribution is -0.268. The molecule has 5 N–H and O–H groups in total. The number of methoxy groups -OCH3 is 1. The number of phenolic OH excluding ortho intramolecular Hbond substituents is 2. The minimum atomic E-state index is -1.54. The summed E-state index contributed by atoms with van der Waals surface area (Å²) in [5.74, 6) is -0.501. The van der Waals surface area contributed by atoms with Crippen LogP contribution in [0.2, 0.25) is 0 Å². The molecule has 4 rings (SSSR count). The number of aliphatic hydroxyl groups excluding tert-OH is 3. The van der Waals surface area contributed by atoms with Gasteiger partial charge in [0.1, 0.15) is 47.2 Å². The van der Waals surface area contributed by atoms with E-state index in [2.05, 4.69) is 0 Å². The van der Waals surface area contributed by atoms with Gasteiger partial charge in [-0.2, -0.15) is 0 Å². The van der Waals surface area contributed by atoms with E-state index < -0.39 is 36.8 Å². The maximum atomic E-state index is 12.7. The molecule has 10 nitrogen and oxygen atoms in total. The molecule has 2 aromatic rings. The lowest BCUT2D eigenvalue weighted by Gasteiger charge is -2.39. The number of rotatable bonds is 4. The smallest absolute Gasteiger partial charge is 0.229 e. The van der Waals surface area contributed by atoms with Crippen molar-refractivity contribution in [3.8, 4) is 28.7 Å². The third-order valence-corrected chi connectivity index (χ3v) is 5.61. The van der Waals surface area contributed by atoms with Crippen molar-refractivity contribution in [3.05, 3.63) is 41.5 Å². The summed E-state index contributed by atoms with van der Waals surface area (Å²) in [4.78, 5) is 12.7. The fraction of sp³-hybridized carbons (Fsp3) is 0.409. The van der Waals surface area contributed by atoms with E-state index in [1.807, 2.05) is 0 Å². The van der Waals surface area contributed by atoms with Gasteiger partial charge in [0.15, 0.2) is 17.3 Å². The Hall–Kier alpha value is -3.05. The van der Waals surface area contributed by atoms with Crippen molar-refractivity contribution in [2.75, 3.05) is 7.11 Å². The molecule has 2 aliphatic rings.